The summed E-state index contributed by atoms with van der Waals surface area (Å²) in [5.74, 6) is 5.13. The van der Waals surface area contributed by atoms with Crippen molar-refractivity contribution >= 4 is 5.97 Å². The fourth-order valence-corrected chi connectivity index (χ4v) is 13.4. The molecule has 0 unspecified atom stereocenters. The van der Waals surface area contributed by atoms with Crippen molar-refractivity contribution in [3.05, 3.63) is 11.6 Å². The molecule has 3 saturated carbocycles. The van der Waals surface area contributed by atoms with Crippen molar-refractivity contribution in [2.24, 2.45) is 52.3 Å². The van der Waals surface area contributed by atoms with Gasteiger partial charge in [-0.1, -0.05) is 150 Å². The van der Waals surface area contributed by atoms with Gasteiger partial charge in [-0.2, -0.15) is 0 Å². The zero-order valence-electron chi connectivity index (χ0n) is 38.4. The summed E-state index contributed by atoms with van der Waals surface area (Å²) in [4.78, 5) is 13.1. The maximum Gasteiger partial charge on any atom is 0.306 e. The minimum Gasteiger partial charge on any atom is -0.454 e. The fourth-order valence-electron chi connectivity index (χ4n) is 13.4. The lowest BCUT2D eigenvalue weighted by atomic mass is 9.47. The third-order valence-corrected chi connectivity index (χ3v) is 17.2. The standard InChI is InChI=1S/C51H90O7/c1-8-10-11-12-13-14-15-16-17-18-19-20-21-22-45(53)58-48-47(55)46(54)44(34-52)57-49(48)56-39-29-31-50(6)38(33-39)25-26-40-42-28-27-41(51(42,7)32-30-43(40)50)36(5)23-24-37(9-2)35(3)4/h25,35-37,39-44,46-49,52,54-55H,8-24,26-34H2,1-7H3/t36-,37-,39+,40+,41-,42+,43+,44-,46-,47+,48-,49-,50+,51-/m1/s1. The van der Waals surface area contributed by atoms with Gasteiger partial charge in [0, 0.05) is 6.42 Å². The molecular formula is C51H90O7. The van der Waals surface area contributed by atoms with Crippen molar-refractivity contribution in [1.29, 1.82) is 0 Å². The van der Waals surface area contributed by atoms with Gasteiger partial charge in [0.1, 0.15) is 18.3 Å². The quantitative estimate of drug-likeness (QED) is 0.0506. The Morgan fingerprint density at radius 2 is 1.48 bits per heavy atom. The smallest absolute Gasteiger partial charge is 0.306 e. The zero-order valence-corrected chi connectivity index (χ0v) is 38.4. The van der Waals surface area contributed by atoms with E-state index in [0.717, 1.165) is 80.5 Å². The Labute approximate surface area is 355 Å². The van der Waals surface area contributed by atoms with Crippen LogP contribution >= 0.6 is 0 Å². The lowest BCUT2D eigenvalue weighted by Crippen LogP contribution is -2.61. The normalized spacial score (nSPS) is 37.1. The second-order valence-corrected chi connectivity index (χ2v) is 21.1. The van der Waals surface area contributed by atoms with Crippen molar-refractivity contribution in [3.8, 4) is 0 Å². The number of allylic oxidation sites excluding steroid dienone is 1. The predicted octanol–water partition coefficient (Wildman–Crippen LogP) is 11.9. The van der Waals surface area contributed by atoms with Crippen LogP contribution in [0.5, 0.6) is 0 Å². The Morgan fingerprint density at radius 1 is 0.828 bits per heavy atom. The maximum absolute atomic E-state index is 13.1. The number of rotatable bonds is 24. The molecule has 58 heavy (non-hydrogen) atoms. The van der Waals surface area contributed by atoms with E-state index in [4.69, 9.17) is 14.2 Å². The Kier molecular flexibility index (Phi) is 19.0. The van der Waals surface area contributed by atoms with Crippen molar-refractivity contribution < 1.29 is 34.3 Å². The molecule has 0 spiro atoms. The molecule has 0 aromatic rings. The number of aliphatic hydroxyl groups excluding tert-OH is 3. The molecule has 0 bridgehead atoms. The van der Waals surface area contributed by atoms with Gasteiger partial charge < -0.3 is 29.5 Å². The molecule has 336 valence electrons. The van der Waals surface area contributed by atoms with Crippen LogP contribution in [-0.2, 0) is 19.0 Å². The van der Waals surface area contributed by atoms with Gasteiger partial charge in [0.05, 0.1) is 12.7 Å². The van der Waals surface area contributed by atoms with Gasteiger partial charge in [0.2, 0.25) is 0 Å². The minimum absolute atomic E-state index is 0.145. The first-order valence-corrected chi connectivity index (χ1v) is 25.0. The Bertz CT molecular complexity index is 1250. The number of carbonyl (C=O) groups excluding carboxylic acids is 1. The highest BCUT2D eigenvalue weighted by Crippen LogP contribution is 2.67. The van der Waals surface area contributed by atoms with Gasteiger partial charge in [0.15, 0.2) is 12.4 Å². The first kappa shape index (κ1) is 48.0. The highest BCUT2D eigenvalue weighted by Gasteiger charge is 2.59. The van der Waals surface area contributed by atoms with Gasteiger partial charge in [0.25, 0.3) is 0 Å². The fraction of sp³-hybridized carbons (Fsp3) is 0.941. The van der Waals surface area contributed by atoms with Crippen LogP contribution in [-0.4, -0.2) is 64.7 Å². The molecule has 0 aromatic carbocycles. The van der Waals surface area contributed by atoms with E-state index >= 15 is 0 Å². The van der Waals surface area contributed by atoms with Gasteiger partial charge in [-0.15, -0.1) is 0 Å². The van der Waals surface area contributed by atoms with E-state index in [2.05, 4.69) is 54.5 Å². The van der Waals surface area contributed by atoms with Gasteiger partial charge >= 0.3 is 5.97 Å². The van der Waals surface area contributed by atoms with Crippen molar-refractivity contribution in [2.75, 3.05) is 6.61 Å². The monoisotopic (exact) mass is 815 g/mol. The summed E-state index contributed by atoms with van der Waals surface area (Å²) in [6.07, 6.45) is 26.1. The average molecular weight is 815 g/mol. The van der Waals surface area contributed by atoms with Gasteiger partial charge in [-0.25, -0.2) is 0 Å². The van der Waals surface area contributed by atoms with Crippen LogP contribution in [0.1, 0.15) is 209 Å². The van der Waals surface area contributed by atoms with Crippen LogP contribution in [0.2, 0.25) is 0 Å². The average Bonchev–Trinajstić information content (AvgIpc) is 3.56. The molecule has 1 heterocycles. The van der Waals surface area contributed by atoms with E-state index in [1.807, 2.05) is 0 Å². The molecule has 4 aliphatic carbocycles. The molecule has 5 rings (SSSR count). The van der Waals surface area contributed by atoms with Crippen molar-refractivity contribution in [3.63, 3.8) is 0 Å². The molecule has 7 heteroatoms. The van der Waals surface area contributed by atoms with E-state index in [0.29, 0.717) is 11.3 Å². The highest BCUT2D eigenvalue weighted by atomic mass is 16.7. The molecule has 1 saturated heterocycles. The number of ether oxygens (including phenoxy) is 3. The molecule has 0 radical (unpaired) electrons. The zero-order chi connectivity index (χ0) is 41.9. The van der Waals surface area contributed by atoms with Crippen molar-refractivity contribution in [2.45, 2.75) is 246 Å². The number of hydrogen-bond acceptors (Lipinski definition) is 7. The van der Waals surface area contributed by atoms with Crippen LogP contribution in [0.4, 0.5) is 0 Å². The third-order valence-electron chi connectivity index (χ3n) is 17.2. The summed E-state index contributed by atoms with van der Waals surface area (Å²) >= 11 is 0. The molecule has 1 aliphatic heterocycles. The summed E-state index contributed by atoms with van der Waals surface area (Å²) in [6, 6.07) is 0. The number of aliphatic hydroxyl groups is 3. The second kappa shape index (κ2) is 22.9. The molecule has 5 aliphatic rings. The summed E-state index contributed by atoms with van der Waals surface area (Å²) in [5.41, 5.74) is 2.12. The molecule has 3 N–H and O–H groups in total. The van der Waals surface area contributed by atoms with Crippen LogP contribution in [0.25, 0.3) is 0 Å². The second-order valence-electron chi connectivity index (χ2n) is 21.1. The Balaban J connectivity index is 1.10. The van der Waals surface area contributed by atoms with E-state index in [9.17, 15) is 20.1 Å². The number of carbonyl (C=O) groups is 1. The van der Waals surface area contributed by atoms with E-state index < -0.39 is 43.3 Å². The first-order valence-electron chi connectivity index (χ1n) is 25.0. The number of unbranched alkanes of at least 4 members (excludes halogenated alkanes) is 12. The Morgan fingerprint density at radius 3 is 2.10 bits per heavy atom. The lowest BCUT2D eigenvalue weighted by molar-refractivity contribution is -0.315. The summed E-state index contributed by atoms with van der Waals surface area (Å²) in [7, 11) is 0. The van der Waals surface area contributed by atoms with Gasteiger partial charge in [-0.05, 0) is 116 Å². The van der Waals surface area contributed by atoms with Crippen LogP contribution in [0, 0.1) is 52.3 Å². The number of hydrogen-bond donors (Lipinski definition) is 3. The number of fused-ring (bicyclic) bond motifs is 5. The molecule has 4 fully saturated rings. The topological polar surface area (TPSA) is 105 Å². The third kappa shape index (κ3) is 11.7. The summed E-state index contributed by atoms with van der Waals surface area (Å²) in [6.45, 7) is 16.8. The molecule has 0 aromatic heterocycles. The SMILES string of the molecule is CCCCCCCCCCCCCCCC(=O)O[C@H]1[C@H](O[C@H]2CC[C@@]3(C)C(=CC[C@H]4[C@@H]5CC[C@H]([C@H](C)CC[C@@H](CC)C(C)C)[C@@]5(C)CC[C@@H]43)C2)O[C@H](CO)[C@@H](O)[C@@H]1O. The highest BCUT2D eigenvalue weighted by molar-refractivity contribution is 5.69. The van der Waals surface area contributed by atoms with E-state index in [1.165, 1.54) is 115 Å². The lowest BCUT2D eigenvalue weighted by Gasteiger charge is -2.58. The molecule has 0 amide bonds. The molecule has 14 atom stereocenters. The Hall–Kier alpha value is -0.990. The summed E-state index contributed by atoms with van der Waals surface area (Å²) in [5, 5.41) is 31.9. The number of esters is 1. The van der Waals surface area contributed by atoms with Crippen LogP contribution < -0.4 is 0 Å². The van der Waals surface area contributed by atoms with E-state index in [-0.39, 0.29) is 17.9 Å². The first-order chi connectivity index (χ1) is 27.9. The van der Waals surface area contributed by atoms with E-state index in [1.54, 1.807) is 0 Å². The minimum atomic E-state index is -1.40. The van der Waals surface area contributed by atoms with Crippen LogP contribution in [0.15, 0.2) is 11.6 Å². The van der Waals surface area contributed by atoms with Gasteiger partial charge in [-0.3, -0.25) is 4.79 Å². The summed E-state index contributed by atoms with van der Waals surface area (Å²) < 4.78 is 18.5. The maximum atomic E-state index is 13.1. The van der Waals surface area contributed by atoms with Crippen LogP contribution in [0.3, 0.4) is 0 Å². The largest absolute Gasteiger partial charge is 0.454 e. The molecule has 7 nitrogen and oxygen atoms in total. The van der Waals surface area contributed by atoms with Crippen molar-refractivity contribution in [1.82, 2.24) is 0 Å². The molecular weight excluding hydrogens is 725 g/mol. The predicted molar refractivity (Wildman–Crippen MR) is 235 cm³/mol.